The van der Waals surface area contributed by atoms with Crippen molar-refractivity contribution in [1.29, 1.82) is 0 Å². The van der Waals surface area contributed by atoms with Crippen molar-refractivity contribution in [3.8, 4) is 0 Å². The number of thioether (sulfide) groups is 1. The number of allylic oxidation sites excluding steroid dienone is 2. The summed E-state index contributed by atoms with van der Waals surface area (Å²) in [6.45, 7) is 0. The van der Waals surface area contributed by atoms with Crippen LogP contribution in [0.3, 0.4) is 0 Å². The molecule has 0 radical (unpaired) electrons. The molecule has 0 fully saturated rings. The predicted octanol–water partition coefficient (Wildman–Crippen LogP) is 3.93. The minimum Gasteiger partial charge on any atom is -0.399 e. The molecule has 0 saturated carbocycles. The summed E-state index contributed by atoms with van der Waals surface area (Å²) in [5.41, 5.74) is 14.5. The zero-order chi connectivity index (χ0) is 14.7. The molecule has 2 unspecified atom stereocenters. The van der Waals surface area contributed by atoms with Gasteiger partial charge in [0.25, 0.3) is 0 Å². The number of nitrogen functional groups attached to an aromatic ring is 1. The van der Waals surface area contributed by atoms with Crippen LogP contribution in [0.2, 0.25) is 0 Å². The molecule has 4 N–H and O–H groups in total. The maximum absolute atomic E-state index is 6.70. The van der Waals surface area contributed by atoms with Crippen LogP contribution in [-0.4, -0.2) is 4.87 Å². The highest BCUT2D eigenvalue weighted by Crippen LogP contribution is 2.43. The Balaban J connectivity index is 1.95. The summed E-state index contributed by atoms with van der Waals surface area (Å²) in [6.07, 6.45) is 8.27. The van der Waals surface area contributed by atoms with Crippen molar-refractivity contribution in [2.45, 2.75) is 15.7 Å². The van der Waals surface area contributed by atoms with E-state index in [1.807, 2.05) is 48.6 Å². The summed E-state index contributed by atoms with van der Waals surface area (Å²) in [7, 11) is 0. The third-order valence-corrected chi connectivity index (χ3v) is 4.82. The fourth-order valence-corrected chi connectivity index (χ4v) is 3.74. The highest BCUT2D eigenvalue weighted by Gasteiger charge is 2.34. The van der Waals surface area contributed by atoms with Crippen molar-refractivity contribution >= 4 is 17.4 Å². The smallest absolute Gasteiger partial charge is 0.0960 e. The van der Waals surface area contributed by atoms with Gasteiger partial charge in [-0.05, 0) is 29.8 Å². The van der Waals surface area contributed by atoms with E-state index < -0.39 is 4.87 Å². The van der Waals surface area contributed by atoms with Gasteiger partial charge in [0.1, 0.15) is 0 Å². The Morgan fingerprint density at radius 1 is 0.952 bits per heavy atom. The Labute approximate surface area is 129 Å². The molecule has 0 saturated heterocycles. The summed E-state index contributed by atoms with van der Waals surface area (Å²) in [6, 6.07) is 18.2. The number of nitrogens with two attached hydrogens (primary N) is 2. The first kappa shape index (κ1) is 14.0. The molecule has 106 valence electrons. The van der Waals surface area contributed by atoms with Gasteiger partial charge in [-0.2, -0.15) is 0 Å². The van der Waals surface area contributed by atoms with Gasteiger partial charge in [-0.25, -0.2) is 0 Å². The second-order valence-corrected chi connectivity index (χ2v) is 6.54. The molecule has 3 rings (SSSR count). The first-order chi connectivity index (χ1) is 10.2. The second kappa shape index (κ2) is 5.80. The Morgan fingerprint density at radius 3 is 2.52 bits per heavy atom. The van der Waals surface area contributed by atoms with E-state index in [9.17, 15) is 0 Å². The van der Waals surface area contributed by atoms with Crippen molar-refractivity contribution in [2.75, 3.05) is 5.73 Å². The Morgan fingerprint density at radius 2 is 1.76 bits per heavy atom. The van der Waals surface area contributed by atoms with Crippen LogP contribution >= 0.6 is 11.8 Å². The largest absolute Gasteiger partial charge is 0.399 e. The fraction of sp³-hybridized carbons (Fsp3) is 0.111. The molecule has 0 heterocycles. The van der Waals surface area contributed by atoms with E-state index in [1.54, 1.807) is 11.8 Å². The number of hydrogen-bond acceptors (Lipinski definition) is 3. The summed E-state index contributed by atoms with van der Waals surface area (Å²) in [5.74, 6) is 0.0937. The van der Waals surface area contributed by atoms with E-state index in [0.29, 0.717) is 0 Å². The van der Waals surface area contributed by atoms with Crippen LogP contribution in [-0.2, 0) is 0 Å². The molecule has 2 nitrogen and oxygen atoms in total. The molecule has 3 heteroatoms. The summed E-state index contributed by atoms with van der Waals surface area (Å²) < 4.78 is 0. The van der Waals surface area contributed by atoms with Gasteiger partial charge < -0.3 is 11.5 Å². The van der Waals surface area contributed by atoms with Crippen molar-refractivity contribution in [2.24, 2.45) is 5.73 Å². The Bertz CT molecular complexity index is 679. The molecule has 0 aromatic heterocycles. The van der Waals surface area contributed by atoms with Crippen molar-refractivity contribution < 1.29 is 0 Å². The third-order valence-electron chi connectivity index (χ3n) is 3.57. The number of rotatable bonds is 3. The highest BCUT2D eigenvalue weighted by atomic mass is 32.2. The normalized spacial score (nSPS) is 24.1. The molecule has 1 aliphatic carbocycles. The zero-order valence-electron chi connectivity index (χ0n) is 11.6. The van der Waals surface area contributed by atoms with E-state index in [0.717, 1.165) is 16.1 Å². The molecular formula is C18H18N2S. The highest BCUT2D eigenvalue weighted by molar-refractivity contribution is 8.00. The van der Waals surface area contributed by atoms with Crippen LogP contribution in [0.5, 0.6) is 0 Å². The topological polar surface area (TPSA) is 52.0 Å². The number of benzene rings is 2. The van der Waals surface area contributed by atoms with Gasteiger partial charge in [0.2, 0.25) is 0 Å². The number of hydrogen-bond donors (Lipinski definition) is 2. The molecule has 2 atom stereocenters. The van der Waals surface area contributed by atoms with E-state index in [4.69, 9.17) is 11.5 Å². The van der Waals surface area contributed by atoms with Crippen LogP contribution in [0.1, 0.15) is 11.5 Å². The second-order valence-electron chi connectivity index (χ2n) is 5.16. The van der Waals surface area contributed by atoms with Crippen LogP contribution in [0.25, 0.3) is 0 Å². The molecule has 0 bridgehead atoms. The van der Waals surface area contributed by atoms with Gasteiger partial charge in [0.05, 0.1) is 4.87 Å². The molecule has 2 aromatic rings. The van der Waals surface area contributed by atoms with Crippen LogP contribution in [0.4, 0.5) is 5.69 Å². The molecule has 0 spiro atoms. The van der Waals surface area contributed by atoms with E-state index in [-0.39, 0.29) is 5.92 Å². The van der Waals surface area contributed by atoms with Gasteiger partial charge in [0, 0.05) is 16.5 Å². The average Bonchev–Trinajstić information content (AvgIpc) is 2.48. The zero-order valence-corrected chi connectivity index (χ0v) is 12.5. The van der Waals surface area contributed by atoms with Crippen LogP contribution in [0.15, 0.2) is 83.8 Å². The summed E-state index contributed by atoms with van der Waals surface area (Å²) in [5, 5.41) is 0. The monoisotopic (exact) mass is 294 g/mol. The molecule has 2 aromatic carbocycles. The van der Waals surface area contributed by atoms with Crippen molar-refractivity contribution in [3.63, 3.8) is 0 Å². The third kappa shape index (κ3) is 3.04. The molecule has 0 amide bonds. The van der Waals surface area contributed by atoms with E-state index >= 15 is 0 Å². The summed E-state index contributed by atoms with van der Waals surface area (Å²) >= 11 is 1.67. The minimum absolute atomic E-state index is 0.0937. The van der Waals surface area contributed by atoms with E-state index in [1.165, 1.54) is 0 Å². The Hall–Kier alpha value is -1.97. The lowest BCUT2D eigenvalue weighted by Crippen LogP contribution is -2.40. The molecule has 1 aliphatic rings. The lowest BCUT2D eigenvalue weighted by atomic mass is 9.88. The van der Waals surface area contributed by atoms with Crippen LogP contribution in [0, 0.1) is 0 Å². The fourth-order valence-electron chi connectivity index (χ4n) is 2.55. The van der Waals surface area contributed by atoms with E-state index in [2.05, 4.69) is 30.4 Å². The van der Waals surface area contributed by atoms with Crippen molar-refractivity contribution in [3.05, 3.63) is 84.5 Å². The van der Waals surface area contributed by atoms with Gasteiger partial charge in [-0.15, -0.1) is 0 Å². The van der Waals surface area contributed by atoms with Gasteiger partial charge >= 0.3 is 0 Å². The quantitative estimate of drug-likeness (QED) is 0.666. The predicted molar refractivity (Wildman–Crippen MR) is 91.1 cm³/mol. The first-order valence-electron chi connectivity index (χ1n) is 6.92. The van der Waals surface area contributed by atoms with Gasteiger partial charge in [-0.3, -0.25) is 0 Å². The van der Waals surface area contributed by atoms with Crippen LogP contribution < -0.4 is 11.5 Å². The first-order valence-corrected chi connectivity index (χ1v) is 7.73. The minimum atomic E-state index is -0.510. The maximum Gasteiger partial charge on any atom is 0.0960 e. The number of anilines is 1. The average molecular weight is 294 g/mol. The molecule has 0 aliphatic heterocycles. The van der Waals surface area contributed by atoms with Gasteiger partial charge in [-0.1, -0.05) is 66.4 Å². The lowest BCUT2D eigenvalue weighted by molar-refractivity contribution is 0.658. The molecular weight excluding hydrogens is 276 g/mol. The SMILES string of the molecule is Nc1cccc(C2C=CC=CC2(N)Sc2ccccc2)c1. The maximum atomic E-state index is 6.70. The summed E-state index contributed by atoms with van der Waals surface area (Å²) in [4.78, 5) is 0.651. The van der Waals surface area contributed by atoms with Gasteiger partial charge in [0.15, 0.2) is 0 Å². The Kier molecular flexibility index (Phi) is 3.86. The lowest BCUT2D eigenvalue weighted by Gasteiger charge is -2.35. The standard InChI is InChI=1S/C18H18N2S/c19-15-8-6-7-14(13-15)17-11-4-5-12-18(17,20)21-16-9-2-1-3-10-16/h1-13,17H,19-20H2. The molecule has 21 heavy (non-hydrogen) atoms. The van der Waals surface area contributed by atoms with Crippen molar-refractivity contribution in [1.82, 2.24) is 0 Å².